The van der Waals surface area contributed by atoms with Crippen molar-refractivity contribution in [1.82, 2.24) is 0 Å². The van der Waals surface area contributed by atoms with E-state index in [-0.39, 0.29) is 11.9 Å². The molecule has 2 aromatic carbocycles. The fraction of sp³-hybridized carbons (Fsp3) is 0.333. The van der Waals surface area contributed by atoms with Gasteiger partial charge in [0.1, 0.15) is 0 Å². The van der Waals surface area contributed by atoms with Gasteiger partial charge in [0, 0.05) is 11.8 Å². The SMILES string of the molecule is CCCCCOc1ccc(/C=C\C(=O)Nc2ccc(C(=O)OCC)cc2)cc1OC. The van der Waals surface area contributed by atoms with Crippen LogP contribution < -0.4 is 14.8 Å². The third-order valence-electron chi connectivity index (χ3n) is 4.28. The summed E-state index contributed by atoms with van der Waals surface area (Å²) in [4.78, 5) is 23.8. The number of carbonyl (C=O) groups is 2. The third kappa shape index (κ3) is 7.28. The third-order valence-corrected chi connectivity index (χ3v) is 4.28. The van der Waals surface area contributed by atoms with Crippen molar-refractivity contribution in [2.75, 3.05) is 25.6 Å². The maximum Gasteiger partial charge on any atom is 0.338 e. The highest BCUT2D eigenvalue weighted by Gasteiger charge is 2.07. The summed E-state index contributed by atoms with van der Waals surface area (Å²) in [6.45, 7) is 4.87. The van der Waals surface area contributed by atoms with E-state index in [2.05, 4.69) is 12.2 Å². The van der Waals surface area contributed by atoms with Crippen LogP contribution in [-0.2, 0) is 9.53 Å². The zero-order valence-electron chi connectivity index (χ0n) is 17.8. The van der Waals surface area contributed by atoms with E-state index in [1.54, 1.807) is 44.4 Å². The molecule has 0 spiro atoms. The van der Waals surface area contributed by atoms with Gasteiger partial charge < -0.3 is 19.5 Å². The molecule has 0 aliphatic rings. The Kier molecular flexibility index (Phi) is 9.45. The fourth-order valence-corrected chi connectivity index (χ4v) is 2.70. The van der Waals surface area contributed by atoms with Crippen LogP contribution in [0.5, 0.6) is 11.5 Å². The van der Waals surface area contributed by atoms with Crippen LogP contribution in [0.4, 0.5) is 5.69 Å². The van der Waals surface area contributed by atoms with Crippen molar-refractivity contribution in [3.05, 3.63) is 59.7 Å². The molecule has 1 N–H and O–H groups in total. The van der Waals surface area contributed by atoms with Gasteiger partial charge in [0.05, 0.1) is 25.9 Å². The Balaban J connectivity index is 1.94. The molecular formula is C24H29NO5. The van der Waals surface area contributed by atoms with E-state index in [0.717, 1.165) is 24.8 Å². The molecule has 0 atom stereocenters. The minimum absolute atomic E-state index is 0.280. The molecule has 1 amide bonds. The molecule has 0 saturated heterocycles. The number of rotatable bonds is 11. The van der Waals surface area contributed by atoms with Gasteiger partial charge in [-0.05, 0) is 61.4 Å². The lowest BCUT2D eigenvalue weighted by molar-refractivity contribution is -0.111. The van der Waals surface area contributed by atoms with Crippen molar-refractivity contribution in [1.29, 1.82) is 0 Å². The van der Waals surface area contributed by atoms with Gasteiger partial charge in [-0.25, -0.2) is 4.79 Å². The smallest absolute Gasteiger partial charge is 0.338 e. The molecule has 0 bridgehead atoms. The first-order chi connectivity index (χ1) is 14.6. The lowest BCUT2D eigenvalue weighted by Gasteiger charge is -2.11. The molecule has 0 fully saturated rings. The van der Waals surface area contributed by atoms with Crippen LogP contribution in [0.3, 0.4) is 0 Å². The number of hydrogen-bond donors (Lipinski definition) is 1. The molecule has 2 aromatic rings. The van der Waals surface area contributed by atoms with Crippen LogP contribution in [0, 0.1) is 0 Å². The van der Waals surface area contributed by atoms with Crippen molar-refractivity contribution >= 4 is 23.6 Å². The number of unbranched alkanes of at least 4 members (excludes halogenated alkanes) is 2. The van der Waals surface area contributed by atoms with Gasteiger partial charge in [-0.2, -0.15) is 0 Å². The molecule has 0 unspecified atom stereocenters. The molecule has 160 valence electrons. The lowest BCUT2D eigenvalue weighted by atomic mass is 10.1. The minimum atomic E-state index is -0.387. The first kappa shape index (κ1) is 23.0. The lowest BCUT2D eigenvalue weighted by Crippen LogP contribution is -2.08. The Morgan fingerprint density at radius 1 is 1.00 bits per heavy atom. The molecule has 2 rings (SSSR count). The molecule has 0 radical (unpaired) electrons. The number of hydrogen-bond acceptors (Lipinski definition) is 5. The highest BCUT2D eigenvalue weighted by atomic mass is 16.5. The van der Waals surface area contributed by atoms with Crippen molar-refractivity contribution in [3.63, 3.8) is 0 Å². The Hall–Kier alpha value is -3.28. The maximum absolute atomic E-state index is 12.2. The monoisotopic (exact) mass is 411 g/mol. The van der Waals surface area contributed by atoms with Crippen molar-refractivity contribution in [3.8, 4) is 11.5 Å². The molecule has 0 saturated carbocycles. The second-order valence-corrected chi connectivity index (χ2v) is 6.59. The maximum atomic E-state index is 12.2. The topological polar surface area (TPSA) is 73.9 Å². The van der Waals surface area contributed by atoms with E-state index < -0.39 is 0 Å². The summed E-state index contributed by atoms with van der Waals surface area (Å²) in [7, 11) is 1.59. The summed E-state index contributed by atoms with van der Waals surface area (Å²) in [6, 6.07) is 12.1. The summed E-state index contributed by atoms with van der Waals surface area (Å²) in [5.41, 5.74) is 1.85. The van der Waals surface area contributed by atoms with Gasteiger partial charge in [-0.1, -0.05) is 25.8 Å². The molecule has 0 aromatic heterocycles. The quantitative estimate of drug-likeness (QED) is 0.317. The van der Waals surface area contributed by atoms with Crippen LogP contribution in [0.15, 0.2) is 48.5 Å². The fourth-order valence-electron chi connectivity index (χ4n) is 2.70. The van der Waals surface area contributed by atoms with Crippen molar-refractivity contribution < 1.29 is 23.8 Å². The predicted molar refractivity (Wildman–Crippen MR) is 118 cm³/mol. The number of anilines is 1. The van der Waals surface area contributed by atoms with Crippen molar-refractivity contribution in [2.45, 2.75) is 33.1 Å². The highest BCUT2D eigenvalue weighted by molar-refractivity contribution is 6.02. The second-order valence-electron chi connectivity index (χ2n) is 6.59. The Bertz CT molecular complexity index is 858. The Morgan fingerprint density at radius 2 is 1.77 bits per heavy atom. The first-order valence-electron chi connectivity index (χ1n) is 10.1. The van der Waals surface area contributed by atoms with Gasteiger partial charge in [0.25, 0.3) is 0 Å². The van der Waals surface area contributed by atoms with E-state index in [9.17, 15) is 9.59 Å². The van der Waals surface area contributed by atoms with Crippen molar-refractivity contribution in [2.24, 2.45) is 0 Å². The molecule has 30 heavy (non-hydrogen) atoms. The molecule has 0 aliphatic heterocycles. The number of esters is 1. The normalized spacial score (nSPS) is 10.6. The molecule has 6 nitrogen and oxygen atoms in total. The minimum Gasteiger partial charge on any atom is -0.493 e. The number of nitrogens with one attached hydrogen (secondary N) is 1. The van der Waals surface area contributed by atoms with Gasteiger partial charge in [-0.3, -0.25) is 4.79 Å². The van der Waals surface area contributed by atoms with Crippen LogP contribution in [0.25, 0.3) is 6.08 Å². The Labute approximate surface area is 177 Å². The predicted octanol–water partition coefficient (Wildman–Crippen LogP) is 5.09. The van der Waals surface area contributed by atoms with Gasteiger partial charge in [-0.15, -0.1) is 0 Å². The number of benzene rings is 2. The largest absolute Gasteiger partial charge is 0.493 e. The zero-order chi connectivity index (χ0) is 21.8. The van der Waals surface area contributed by atoms with Gasteiger partial charge in [0.15, 0.2) is 11.5 Å². The zero-order valence-corrected chi connectivity index (χ0v) is 17.8. The number of methoxy groups -OCH3 is 1. The second kappa shape index (κ2) is 12.3. The average molecular weight is 411 g/mol. The number of ether oxygens (including phenoxy) is 3. The van der Waals surface area contributed by atoms with E-state index in [4.69, 9.17) is 14.2 Å². The number of carbonyl (C=O) groups excluding carboxylic acids is 2. The average Bonchev–Trinajstić information content (AvgIpc) is 2.76. The summed E-state index contributed by atoms with van der Waals surface area (Å²) in [5.74, 6) is 0.653. The van der Waals surface area contributed by atoms with Gasteiger partial charge >= 0.3 is 5.97 Å². The van der Waals surface area contributed by atoms with E-state index >= 15 is 0 Å². The summed E-state index contributed by atoms with van der Waals surface area (Å²) < 4.78 is 16.1. The van der Waals surface area contributed by atoms with Crippen LogP contribution in [0.2, 0.25) is 0 Å². The molecule has 0 aliphatic carbocycles. The van der Waals surface area contributed by atoms with E-state index in [1.807, 2.05) is 18.2 Å². The summed E-state index contributed by atoms with van der Waals surface area (Å²) in [5, 5.41) is 2.76. The first-order valence-corrected chi connectivity index (χ1v) is 10.1. The van der Waals surface area contributed by atoms with E-state index in [1.165, 1.54) is 6.08 Å². The Morgan fingerprint density at radius 3 is 2.43 bits per heavy atom. The molecule has 6 heteroatoms. The van der Waals surface area contributed by atoms with Crippen LogP contribution in [-0.4, -0.2) is 32.2 Å². The summed E-state index contributed by atoms with van der Waals surface area (Å²) in [6.07, 6.45) is 6.41. The molecule has 0 heterocycles. The number of amides is 1. The van der Waals surface area contributed by atoms with Gasteiger partial charge in [0.2, 0.25) is 5.91 Å². The van der Waals surface area contributed by atoms with Crippen LogP contribution in [0.1, 0.15) is 49.0 Å². The highest BCUT2D eigenvalue weighted by Crippen LogP contribution is 2.28. The van der Waals surface area contributed by atoms with Crippen LogP contribution >= 0.6 is 0 Å². The standard InChI is InChI=1S/C24H29NO5/c1-4-6-7-16-30-21-14-8-18(17-22(21)28-3)9-15-23(26)25-20-12-10-19(11-13-20)24(27)29-5-2/h8-15,17H,4-7,16H2,1-3H3,(H,25,26)/b15-9-. The molecular weight excluding hydrogens is 382 g/mol. The van der Waals surface area contributed by atoms with E-state index in [0.29, 0.717) is 36.0 Å². The summed E-state index contributed by atoms with van der Waals surface area (Å²) >= 11 is 0.